The number of aliphatic carboxylic acids is 2. The quantitative estimate of drug-likeness (QED) is 0.802. The van der Waals surface area contributed by atoms with Crippen molar-refractivity contribution in [3.8, 4) is 11.5 Å². The predicted molar refractivity (Wildman–Crippen MR) is 65.0 cm³/mol. The summed E-state index contributed by atoms with van der Waals surface area (Å²) in [6, 6.07) is 4.91. The Bertz CT molecular complexity index is 560. The molecule has 1 aliphatic rings. The van der Waals surface area contributed by atoms with Crippen molar-refractivity contribution in [1.82, 2.24) is 0 Å². The van der Waals surface area contributed by atoms with Crippen molar-refractivity contribution in [1.29, 1.82) is 0 Å². The number of rotatable bonds is 4. The van der Waals surface area contributed by atoms with Gasteiger partial charge in [0.25, 0.3) is 0 Å². The second-order valence-corrected chi connectivity index (χ2v) is 4.08. The monoisotopic (exact) mass is 264 g/mol. The zero-order valence-electron chi connectivity index (χ0n) is 10.1. The van der Waals surface area contributed by atoms with Gasteiger partial charge in [0.15, 0.2) is 11.5 Å². The van der Waals surface area contributed by atoms with Crippen molar-refractivity contribution in [3.05, 3.63) is 29.3 Å². The standard InChI is InChI=1S/C13H12O6/c1-7(12(14)15)9(13(16)17)4-8-2-3-10-11(5-8)19-6-18-10/h2-5,7H,6H2,1H3,(H,14,15)(H,16,17)/b9-4-/t7-/m0/s1. The molecule has 0 aromatic heterocycles. The molecule has 0 fully saturated rings. The van der Waals surface area contributed by atoms with Gasteiger partial charge in [-0.3, -0.25) is 4.79 Å². The van der Waals surface area contributed by atoms with Gasteiger partial charge in [0.1, 0.15) is 0 Å². The average Bonchev–Trinajstić information content (AvgIpc) is 2.81. The second kappa shape index (κ2) is 5.01. The van der Waals surface area contributed by atoms with Gasteiger partial charge in [-0.1, -0.05) is 6.07 Å². The van der Waals surface area contributed by atoms with E-state index in [0.717, 1.165) is 0 Å². The van der Waals surface area contributed by atoms with Crippen molar-refractivity contribution in [2.24, 2.45) is 5.92 Å². The number of hydrogen-bond acceptors (Lipinski definition) is 4. The highest BCUT2D eigenvalue weighted by Gasteiger charge is 2.23. The summed E-state index contributed by atoms with van der Waals surface area (Å²) in [7, 11) is 0. The Hall–Kier alpha value is -2.50. The van der Waals surface area contributed by atoms with Gasteiger partial charge in [-0.15, -0.1) is 0 Å². The molecule has 1 aliphatic heterocycles. The van der Waals surface area contributed by atoms with Gasteiger partial charge >= 0.3 is 11.9 Å². The molecule has 0 radical (unpaired) electrons. The van der Waals surface area contributed by atoms with Crippen LogP contribution in [0.4, 0.5) is 0 Å². The maximum absolute atomic E-state index is 11.1. The molecule has 1 atom stereocenters. The zero-order valence-corrected chi connectivity index (χ0v) is 10.1. The highest BCUT2D eigenvalue weighted by molar-refractivity contribution is 5.98. The number of benzene rings is 1. The van der Waals surface area contributed by atoms with E-state index in [-0.39, 0.29) is 12.4 Å². The number of carbonyl (C=O) groups is 2. The lowest BCUT2D eigenvalue weighted by Gasteiger charge is -2.07. The Morgan fingerprint density at radius 1 is 1.26 bits per heavy atom. The normalized spacial score (nSPS) is 15.1. The molecule has 100 valence electrons. The molecule has 1 heterocycles. The highest BCUT2D eigenvalue weighted by Crippen LogP contribution is 2.33. The SMILES string of the molecule is C[C@H](C(=O)O)/C(=C/c1ccc2c(c1)OCO2)C(=O)O. The van der Waals surface area contributed by atoms with Crippen LogP contribution in [-0.2, 0) is 9.59 Å². The molecule has 0 aliphatic carbocycles. The van der Waals surface area contributed by atoms with Crippen LogP contribution in [-0.4, -0.2) is 28.9 Å². The van der Waals surface area contributed by atoms with Gasteiger partial charge in [-0.05, 0) is 30.7 Å². The molecule has 1 aromatic rings. The molecule has 2 N–H and O–H groups in total. The minimum Gasteiger partial charge on any atom is -0.481 e. The molecule has 19 heavy (non-hydrogen) atoms. The first-order valence-electron chi connectivity index (χ1n) is 5.56. The molecule has 6 heteroatoms. The highest BCUT2D eigenvalue weighted by atomic mass is 16.7. The smallest absolute Gasteiger partial charge is 0.332 e. The van der Waals surface area contributed by atoms with Gasteiger partial charge in [-0.25, -0.2) is 4.79 Å². The molecule has 0 bridgehead atoms. The van der Waals surface area contributed by atoms with Crippen LogP contribution in [0.5, 0.6) is 11.5 Å². The van der Waals surface area contributed by atoms with Crippen LogP contribution in [0.15, 0.2) is 23.8 Å². The van der Waals surface area contributed by atoms with E-state index in [4.69, 9.17) is 19.7 Å². The van der Waals surface area contributed by atoms with Gasteiger partial charge in [0.05, 0.1) is 11.5 Å². The van der Waals surface area contributed by atoms with E-state index in [0.29, 0.717) is 17.1 Å². The van der Waals surface area contributed by atoms with Crippen LogP contribution in [0.25, 0.3) is 6.08 Å². The lowest BCUT2D eigenvalue weighted by atomic mass is 9.98. The van der Waals surface area contributed by atoms with Crippen LogP contribution in [0.2, 0.25) is 0 Å². The Kier molecular flexibility index (Phi) is 3.41. The summed E-state index contributed by atoms with van der Waals surface area (Å²) in [5, 5.41) is 17.9. The Labute approximate surface area is 108 Å². The minimum atomic E-state index is -1.26. The molecule has 0 spiro atoms. The number of carboxylic acids is 2. The number of carboxylic acid groups (broad SMARTS) is 2. The molecular weight excluding hydrogens is 252 g/mol. The molecule has 1 aromatic carbocycles. The molecule has 0 unspecified atom stereocenters. The van der Waals surface area contributed by atoms with Crippen molar-refractivity contribution in [3.63, 3.8) is 0 Å². The molecule has 2 rings (SSSR count). The van der Waals surface area contributed by atoms with Gasteiger partial charge < -0.3 is 19.7 Å². The van der Waals surface area contributed by atoms with Gasteiger partial charge in [0.2, 0.25) is 6.79 Å². The van der Waals surface area contributed by atoms with Crippen LogP contribution in [0.1, 0.15) is 12.5 Å². The third kappa shape index (κ3) is 2.67. The van der Waals surface area contributed by atoms with E-state index in [1.165, 1.54) is 13.0 Å². The lowest BCUT2D eigenvalue weighted by Crippen LogP contribution is -2.18. The first-order chi connectivity index (χ1) is 8.99. The Morgan fingerprint density at radius 3 is 2.58 bits per heavy atom. The largest absolute Gasteiger partial charge is 0.481 e. The van der Waals surface area contributed by atoms with Crippen LogP contribution >= 0.6 is 0 Å². The first-order valence-corrected chi connectivity index (χ1v) is 5.56. The van der Waals surface area contributed by atoms with E-state index in [9.17, 15) is 9.59 Å². The second-order valence-electron chi connectivity index (χ2n) is 4.08. The fourth-order valence-electron chi connectivity index (χ4n) is 1.69. The zero-order chi connectivity index (χ0) is 14.0. The maximum Gasteiger partial charge on any atom is 0.332 e. The fraction of sp³-hybridized carbons (Fsp3) is 0.231. The molecule has 0 saturated heterocycles. The summed E-state index contributed by atoms with van der Waals surface area (Å²) >= 11 is 0. The third-order valence-corrected chi connectivity index (χ3v) is 2.80. The van der Waals surface area contributed by atoms with E-state index < -0.39 is 17.9 Å². The lowest BCUT2D eigenvalue weighted by molar-refractivity contribution is -0.143. The van der Waals surface area contributed by atoms with E-state index in [2.05, 4.69) is 0 Å². The molecular formula is C13H12O6. The molecule has 0 saturated carbocycles. The van der Waals surface area contributed by atoms with E-state index in [1.807, 2.05) is 0 Å². The summed E-state index contributed by atoms with van der Waals surface area (Å²) in [6.45, 7) is 1.45. The maximum atomic E-state index is 11.1. The van der Waals surface area contributed by atoms with E-state index in [1.54, 1.807) is 18.2 Å². The average molecular weight is 264 g/mol. The minimum absolute atomic E-state index is 0.125. The fourth-order valence-corrected chi connectivity index (χ4v) is 1.69. The van der Waals surface area contributed by atoms with Crippen molar-refractivity contribution in [2.75, 3.05) is 6.79 Å². The number of fused-ring (bicyclic) bond motifs is 1. The van der Waals surface area contributed by atoms with E-state index >= 15 is 0 Å². The summed E-state index contributed by atoms with van der Waals surface area (Å²) in [4.78, 5) is 22.0. The first kappa shape index (κ1) is 12.9. The predicted octanol–water partition coefficient (Wildman–Crippen LogP) is 1.60. The van der Waals surface area contributed by atoms with Gasteiger partial charge in [0, 0.05) is 0 Å². The molecule has 6 nitrogen and oxygen atoms in total. The Morgan fingerprint density at radius 2 is 1.95 bits per heavy atom. The third-order valence-electron chi connectivity index (χ3n) is 2.80. The topological polar surface area (TPSA) is 93.1 Å². The van der Waals surface area contributed by atoms with Crippen molar-refractivity contribution in [2.45, 2.75) is 6.92 Å². The van der Waals surface area contributed by atoms with Crippen LogP contribution in [0.3, 0.4) is 0 Å². The summed E-state index contributed by atoms with van der Waals surface area (Å²) in [5.74, 6) is -2.44. The van der Waals surface area contributed by atoms with Crippen LogP contribution < -0.4 is 9.47 Å². The van der Waals surface area contributed by atoms with Crippen molar-refractivity contribution < 1.29 is 29.3 Å². The summed E-state index contributed by atoms with van der Waals surface area (Å²) < 4.78 is 10.3. The van der Waals surface area contributed by atoms with Crippen molar-refractivity contribution >= 4 is 18.0 Å². The Balaban J connectivity index is 2.36. The summed E-state index contributed by atoms with van der Waals surface area (Å²) in [6.07, 6.45) is 1.32. The molecule has 0 amide bonds. The van der Waals surface area contributed by atoms with Gasteiger partial charge in [-0.2, -0.15) is 0 Å². The van der Waals surface area contributed by atoms with Crippen LogP contribution in [0, 0.1) is 5.92 Å². The summed E-state index contributed by atoms with van der Waals surface area (Å²) in [5.41, 5.74) is 0.362. The number of ether oxygens (including phenoxy) is 2. The number of hydrogen-bond donors (Lipinski definition) is 2.